The minimum atomic E-state index is 0.247. The Morgan fingerprint density at radius 1 is 1.28 bits per heavy atom. The monoisotopic (exact) mass is 280 g/mol. The van der Waals surface area contributed by atoms with Gasteiger partial charge in [-0.25, -0.2) is 0 Å². The third-order valence-corrected chi connectivity index (χ3v) is 3.52. The Morgan fingerprint density at radius 2 is 2.11 bits per heavy atom. The standard InChI is InChI=1S/C11H6Cl2N4O/c12-7-1-8(17-18)9-6(5-2-15-16-3-5)4-14-11(9)10(7)13/h1-4,14H,(H,15,16). The van der Waals surface area contributed by atoms with E-state index in [0.29, 0.717) is 20.9 Å². The quantitative estimate of drug-likeness (QED) is 0.688. The van der Waals surface area contributed by atoms with Crippen molar-refractivity contribution in [3.05, 3.63) is 39.6 Å². The number of nitrogens with zero attached hydrogens (tertiary/aromatic N) is 2. The number of aromatic amines is 2. The third kappa shape index (κ3) is 1.52. The summed E-state index contributed by atoms with van der Waals surface area (Å²) in [6.07, 6.45) is 5.12. The first-order valence-corrected chi connectivity index (χ1v) is 5.79. The number of rotatable bonds is 2. The minimum Gasteiger partial charge on any atom is -0.359 e. The average Bonchev–Trinajstić information content (AvgIpc) is 3.01. The molecule has 0 amide bonds. The normalized spacial score (nSPS) is 11.0. The lowest BCUT2D eigenvalue weighted by atomic mass is 10.1. The van der Waals surface area contributed by atoms with Gasteiger partial charge in [-0.15, -0.1) is 4.91 Å². The number of nitrogens with one attached hydrogen (secondary N) is 2. The maximum Gasteiger partial charge on any atom is 0.119 e. The molecule has 5 nitrogen and oxygen atoms in total. The van der Waals surface area contributed by atoms with Crippen LogP contribution in [0.1, 0.15) is 0 Å². The van der Waals surface area contributed by atoms with Crippen LogP contribution in [0.15, 0.2) is 29.8 Å². The molecule has 0 fully saturated rings. The van der Waals surface area contributed by atoms with Crippen LogP contribution in [0.3, 0.4) is 0 Å². The van der Waals surface area contributed by atoms with Crippen molar-refractivity contribution in [2.75, 3.05) is 0 Å². The van der Waals surface area contributed by atoms with Crippen molar-refractivity contribution >= 4 is 39.8 Å². The van der Waals surface area contributed by atoms with Crippen LogP contribution in [-0.4, -0.2) is 15.2 Å². The molecule has 2 N–H and O–H groups in total. The van der Waals surface area contributed by atoms with Crippen molar-refractivity contribution in [2.24, 2.45) is 5.18 Å². The molecule has 3 rings (SSSR count). The molecule has 0 saturated carbocycles. The summed E-state index contributed by atoms with van der Waals surface area (Å²) in [6.45, 7) is 0. The summed E-state index contributed by atoms with van der Waals surface area (Å²) < 4.78 is 0. The number of aromatic nitrogens is 3. The summed E-state index contributed by atoms with van der Waals surface area (Å²) in [4.78, 5) is 13.9. The minimum absolute atomic E-state index is 0.247. The maximum atomic E-state index is 10.9. The van der Waals surface area contributed by atoms with Crippen molar-refractivity contribution in [1.29, 1.82) is 0 Å². The first-order chi connectivity index (χ1) is 8.72. The summed E-state index contributed by atoms with van der Waals surface area (Å²) in [5, 5.41) is 10.9. The van der Waals surface area contributed by atoms with Crippen molar-refractivity contribution in [2.45, 2.75) is 0 Å². The van der Waals surface area contributed by atoms with E-state index in [0.717, 1.165) is 11.1 Å². The lowest BCUT2D eigenvalue weighted by Gasteiger charge is -2.01. The van der Waals surface area contributed by atoms with E-state index >= 15 is 0 Å². The van der Waals surface area contributed by atoms with Crippen LogP contribution in [-0.2, 0) is 0 Å². The summed E-state index contributed by atoms with van der Waals surface area (Å²) in [5.41, 5.74) is 2.48. The Hall–Kier alpha value is -1.85. The molecular formula is C11H6Cl2N4O. The van der Waals surface area contributed by atoms with E-state index in [1.807, 2.05) is 0 Å². The highest BCUT2D eigenvalue weighted by molar-refractivity contribution is 6.45. The fourth-order valence-corrected chi connectivity index (χ4v) is 2.34. The zero-order valence-corrected chi connectivity index (χ0v) is 10.4. The van der Waals surface area contributed by atoms with E-state index in [1.54, 1.807) is 18.6 Å². The number of benzene rings is 1. The zero-order valence-electron chi connectivity index (χ0n) is 8.87. The van der Waals surface area contributed by atoms with Gasteiger partial charge in [0.15, 0.2) is 0 Å². The summed E-state index contributed by atoms with van der Waals surface area (Å²) in [7, 11) is 0. The molecule has 3 aromatic rings. The van der Waals surface area contributed by atoms with Gasteiger partial charge in [0.25, 0.3) is 0 Å². The molecule has 0 spiro atoms. The second-order valence-corrected chi connectivity index (χ2v) is 4.51. The molecule has 0 saturated heterocycles. The van der Waals surface area contributed by atoms with Crippen LogP contribution in [0.2, 0.25) is 10.0 Å². The highest BCUT2D eigenvalue weighted by Crippen LogP contribution is 2.41. The number of hydrogen-bond acceptors (Lipinski definition) is 3. The van der Waals surface area contributed by atoms with Crippen LogP contribution in [0.4, 0.5) is 5.69 Å². The van der Waals surface area contributed by atoms with Gasteiger partial charge in [-0.1, -0.05) is 23.2 Å². The van der Waals surface area contributed by atoms with Gasteiger partial charge in [0.1, 0.15) is 5.69 Å². The fraction of sp³-hybridized carbons (Fsp3) is 0. The van der Waals surface area contributed by atoms with Crippen LogP contribution < -0.4 is 0 Å². The number of fused-ring (bicyclic) bond motifs is 1. The van der Waals surface area contributed by atoms with Gasteiger partial charge >= 0.3 is 0 Å². The van der Waals surface area contributed by atoms with E-state index in [2.05, 4.69) is 20.4 Å². The van der Waals surface area contributed by atoms with E-state index in [9.17, 15) is 4.91 Å². The van der Waals surface area contributed by atoms with Gasteiger partial charge in [-0.2, -0.15) is 5.10 Å². The van der Waals surface area contributed by atoms with Crippen molar-refractivity contribution in [3.8, 4) is 11.1 Å². The largest absolute Gasteiger partial charge is 0.359 e. The molecule has 2 aromatic heterocycles. The van der Waals surface area contributed by atoms with E-state index < -0.39 is 0 Å². The van der Waals surface area contributed by atoms with Gasteiger partial charge in [-0.3, -0.25) is 5.10 Å². The predicted molar refractivity (Wildman–Crippen MR) is 71.4 cm³/mol. The zero-order chi connectivity index (χ0) is 12.7. The van der Waals surface area contributed by atoms with Crippen molar-refractivity contribution < 1.29 is 0 Å². The summed E-state index contributed by atoms with van der Waals surface area (Å²) in [6, 6.07) is 1.46. The Bertz CT molecular complexity index is 733. The Kier molecular flexibility index (Phi) is 2.57. The molecule has 7 heteroatoms. The average molecular weight is 281 g/mol. The molecule has 1 aromatic carbocycles. The maximum absolute atomic E-state index is 10.9. The molecule has 0 radical (unpaired) electrons. The van der Waals surface area contributed by atoms with Crippen molar-refractivity contribution in [3.63, 3.8) is 0 Å². The second kappa shape index (κ2) is 4.12. The topological polar surface area (TPSA) is 73.9 Å². The van der Waals surface area contributed by atoms with Gasteiger partial charge < -0.3 is 4.98 Å². The van der Waals surface area contributed by atoms with Gasteiger partial charge in [0.2, 0.25) is 0 Å². The number of H-pyrrole nitrogens is 2. The molecule has 0 aliphatic rings. The van der Waals surface area contributed by atoms with Gasteiger partial charge in [0.05, 0.1) is 21.8 Å². The molecule has 90 valence electrons. The molecule has 2 heterocycles. The second-order valence-electron chi connectivity index (χ2n) is 3.72. The number of hydrogen-bond donors (Lipinski definition) is 2. The Morgan fingerprint density at radius 3 is 2.78 bits per heavy atom. The summed E-state index contributed by atoms with van der Waals surface area (Å²) in [5.74, 6) is 0. The molecule has 18 heavy (non-hydrogen) atoms. The smallest absolute Gasteiger partial charge is 0.119 e. The molecule has 0 bridgehead atoms. The lowest BCUT2D eigenvalue weighted by molar-refractivity contribution is 1.09. The highest BCUT2D eigenvalue weighted by atomic mass is 35.5. The number of halogens is 2. The van der Waals surface area contributed by atoms with Crippen molar-refractivity contribution in [1.82, 2.24) is 15.2 Å². The molecule has 0 aliphatic carbocycles. The van der Waals surface area contributed by atoms with E-state index in [4.69, 9.17) is 23.2 Å². The van der Waals surface area contributed by atoms with E-state index in [-0.39, 0.29) is 5.69 Å². The summed E-state index contributed by atoms with van der Waals surface area (Å²) >= 11 is 12.0. The Labute approximate surface area is 111 Å². The fourth-order valence-electron chi connectivity index (χ4n) is 1.94. The molecular weight excluding hydrogens is 275 g/mol. The first kappa shape index (κ1) is 11.3. The molecule has 0 aliphatic heterocycles. The highest BCUT2D eigenvalue weighted by Gasteiger charge is 2.16. The van der Waals surface area contributed by atoms with Crippen LogP contribution >= 0.6 is 23.2 Å². The van der Waals surface area contributed by atoms with Crippen LogP contribution in [0.5, 0.6) is 0 Å². The van der Waals surface area contributed by atoms with E-state index in [1.165, 1.54) is 6.07 Å². The third-order valence-electron chi connectivity index (χ3n) is 2.74. The van der Waals surface area contributed by atoms with Gasteiger partial charge in [-0.05, 0) is 11.2 Å². The SMILES string of the molecule is O=Nc1cc(Cl)c(Cl)c2[nH]cc(-c3cn[nH]c3)c12. The van der Waals surface area contributed by atoms with Crippen LogP contribution in [0, 0.1) is 4.91 Å². The van der Waals surface area contributed by atoms with Crippen LogP contribution in [0.25, 0.3) is 22.0 Å². The predicted octanol–water partition coefficient (Wildman–Crippen LogP) is 4.26. The first-order valence-electron chi connectivity index (χ1n) is 5.04. The van der Waals surface area contributed by atoms with Gasteiger partial charge in [0, 0.05) is 28.9 Å². The molecule has 0 atom stereocenters. The Balaban J connectivity index is 2.43. The molecule has 0 unspecified atom stereocenters. The number of nitroso groups, excluding NO2 is 1. The lowest BCUT2D eigenvalue weighted by Crippen LogP contribution is -1.77.